The lowest BCUT2D eigenvalue weighted by atomic mass is 10.1. The van der Waals surface area contributed by atoms with Gasteiger partial charge in [0.15, 0.2) is 6.10 Å². The fraction of sp³-hybridized carbons (Fsp3) is 0.480. The lowest BCUT2D eigenvalue weighted by molar-refractivity contribution is -0.154. The zero-order chi connectivity index (χ0) is 25.9. The first kappa shape index (κ1) is 26.7. The van der Waals surface area contributed by atoms with Gasteiger partial charge in [0.1, 0.15) is 0 Å². The van der Waals surface area contributed by atoms with Gasteiger partial charge in [-0.15, -0.1) is 0 Å². The lowest BCUT2D eigenvalue weighted by Gasteiger charge is -2.38. The molecule has 2 aromatic carbocycles. The third kappa shape index (κ3) is 6.33. The second kappa shape index (κ2) is 11.4. The highest BCUT2D eigenvalue weighted by Crippen LogP contribution is 2.49. The number of benzene rings is 2. The van der Waals surface area contributed by atoms with Gasteiger partial charge in [-0.3, -0.25) is 9.80 Å². The van der Waals surface area contributed by atoms with Gasteiger partial charge in [-0.25, -0.2) is 4.79 Å². The van der Waals surface area contributed by atoms with E-state index in [-0.39, 0.29) is 19.7 Å². The van der Waals surface area contributed by atoms with Crippen LogP contribution in [-0.4, -0.2) is 90.6 Å². The quantitative estimate of drug-likeness (QED) is 0.509. The number of alkyl halides is 3. The van der Waals surface area contributed by atoms with Gasteiger partial charge < -0.3 is 19.8 Å². The van der Waals surface area contributed by atoms with Crippen LogP contribution >= 0.6 is 11.8 Å². The number of fused-ring (bicyclic) bond motifs is 2. The highest BCUT2D eigenvalue weighted by Gasteiger charge is 2.34. The van der Waals surface area contributed by atoms with E-state index in [1.165, 1.54) is 17.8 Å². The van der Waals surface area contributed by atoms with E-state index in [1.807, 2.05) is 29.2 Å². The Labute approximate surface area is 212 Å². The van der Waals surface area contributed by atoms with Crippen LogP contribution < -0.4 is 4.90 Å². The summed E-state index contributed by atoms with van der Waals surface area (Å²) in [5, 5.41) is 20.9. The Morgan fingerprint density at radius 1 is 0.972 bits per heavy atom. The van der Waals surface area contributed by atoms with E-state index in [1.54, 1.807) is 11.8 Å². The Balaban J connectivity index is 1.40. The molecule has 2 N–H and O–H groups in total. The van der Waals surface area contributed by atoms with Crippen molar-refractivity contribution in [2.24, 2.45) is 0 Å². The van der Waals surface area contributed by atoms with Gasteiger partial charge in [0.2, 0.25) is 0 Å². The molecule has 2 aromatic rings. The van der Waals surface area contributed by atoms with Crippen molar-refractivity contribution in [3.63, 3.8) is 0 Å². The van der Waals surface area contributed by atoms with Crippen molar-refractivity contribution < 1.29 is 32.9 Å². The van der Waals surface area contributed by atoms with Crippen molar-refractivity contribution in [1.82, 2.24) is 9.80 Å². The number of halogens is 3. The molecule has 1 unspecified atom stereocenters. The van der Waals surface area contributed by atoms with Gasteiger partial charge in [-0.2, -0.15) is 13.2 Å². The summed E-state index contributed by atoms with van der Waals surface area (Å²) in [6.07, 6.45) is -6.46. The molecule has 0 spiro atoms. The Kier molecular flexibility index (Phi) is 8.46. The molecular weight excluding hydrogens is 495 g/mol. The number of ether oxygens (including phenoxy) is 1. The molecule has 4 rings (SSSR count). The first-order valence-electron chi connectivity index (χ1n) is 11.9. The molecule has 7 nitrogen and oxygen atoms in total. The SMILES string of the molecule is CCOC(=O)C(O)CN1CCN(C[C@H](O)CN2c3ccccc3Sc3ccc(C(F)(F)F)cc32)CC1. The Morgan fingerprint density at radius 3 is 2.28 bits per heavy atom. The Bertz CT molecular complexity index is 1060. The van der Waals surface area contributed by atoms with E-state index in [0.717, 1.165) is 22.7 Å². The number of nitrogens with zero attached hydrogens (tertiary/aromatic N) is 3. The molecule has 0 aliphatic carbocycles. The molecule has 196 valence electrons. The van der Waals surface area contributed by atoms with Crippen molar-refractivity contribution in [3.8, 4) is 0 Å². The van der Waals surface area contributed by atoms with Crippen LogP contribution in [0.25, 0.3) is 0 Å². The largest absolute Gasteiger partial charge is 0.464 e. The molecule has 0 saturated carbocycles. The Hall–Kier alpha value is -2.31. The average Bonchev–Trinajstić information content (AvgIpc) is 2.84. The predicted molar refractivity (Wildman–Crippen MR) is 131 cm³/mol. The maximum Gasteiger partial charge on any atom is 0.416 e. The topological polar surface area (TPSA) is 76.5 Å². The summed E-state index contributed by atoms with van der Waals surface area (Å²) in [4.78, 5) is 19.1. The molecule has 2 aliphatic rings. The van der Waals surface area contributed by atoms with Gasteiger partial charge in [0.05, 0.1) is 36.2 Å². The Morgan fingerprint density at radius 2 is 1.61 bits per heavy atom. The third-order valence-corrected chi connectivity index (χ3v) is 7.40. The monoisotopic (exact) mass is 525 g/mol. The number of esters is 1. The summed E-state index contributed by atoms with van der Waals surface area (Å²) >= 11 is 1.42. The number of β-amino-alcohol motifs (C(OH)–C–C–N with tert-alkyl or cyclic N) is 2. The molecule has 2 atom stereocenters. The summed E-state index contributed by atoms with van der Waals surface area (Å²) in [7, 11) is 0. The van der Waals surface area contributed by atoms with Crippen LogP contribution in [0.3, 0.4) is 0 Å². The van der Waals surface area contributed by atoms with Crippen LogP contribution in [0, 0.1) is 0 Å². The number of anilines is 2. The van der Waals surface area contributed by atoms with E-state index >= 15 is 0 Å². The summed E-state index contributed by atoms with van der Waals surface area (Å²) in [6, 6.07) is 11.2. The van der Waals surface area contributed by atoms with E-state index < -0.39 is 29.9 Å². The minimum Gasteiger partial charge on any atom is -0.464 e. The van der Waals surface area contributed by atoms with E-state index in [9.17, 15) is 28.2 Å². The number of hydrogen-bond donors (Lipinski definition) is 2. The smallest absolute Gasteiger partial charge is 0.416 e. The van der Waals surface area contributed by atoms with Crippen LogP contribution in [-0.2, 0) is 15.7 Å². The molecule has 36 heavy (non-hydrogen) atoms. The molecule has 0 amide bonds. The van der Waals surface area contributed by atoms with E-state index in [4.69, 9.17) is 4.74 Å². The van der Waals surface area contributed by atoms with E-state index in [2.05, 4.69) is 4.90 Å². The van der Waals surface area contributed by atoms with Crippen LogP contribution in [0.1, 0.15) is 12.5 Å². The highest BCUT2D eigenvalue weighted by molar-refractivity contribution is 7.99. The van der Waals surface area contributed by atoms with Crippen LogP contribution in [0.5, 0.6) is 0 Å². The number of aliphatic hydroxyl groups is 2. The number of hydrogen-bond acceptors (Lipinski definition) is 8. The third-order valence-electron chi connectivity index (χ3n) is 6.27. The first-order chi connectivity index (χ1) is 17.2. The minimum absolute atomic E-state index is 0.146. The number of carbonyl (C=O) groups is 1. The molecule has 1 fully saturated rings. The van der Waals surface area contributed by atoms with E-state index in [0.29, 0.717) is 43.3 Å². The second-order valence-electron chi connectivity index (χ2n) is 8.88. The number of piperazine rings is 1. The van der Waals surface area contributed by atoms with Gasteiger partial charge >= 0.3 is 12.1 Å². The summed E-state index contributed by atoms with van der Waals surface area (Å²) in [6.45, 7) is 5.08. The van der Waals surface area contributed by atoms with Crippen LogP contribution in [0.2, 0.25) is 0 Å². The number of rotatable bonds is 8. The first-order valence-corrected chi connectivity index (χ1v) is 12.7. The van der Waals surface area contributed by atoms with Crippen molar-refractivity contribution >= 4 is 29.1 Å². The van der Waals surface area contributed by atoms with Crippen molar-refractivity contribution in [1.29, 1.82) is 0 Å². The number of para-hydroxylation sites is 1. The lowest BCUT2D eigenvalue weighted by Crippen LogP contribution is -2.52. The molecule has 2 aliphatic heterocycles. The molecule has 0 radical (unpaired) electrons. The highest BCUT2D eigenvalue weighted by atomic mass is 32.2. The normalized spacial score (nSPS) is 18.3. The molecule has 0 bridgehead atoms. The summed E-state index contributed by atoms with van der Waals surface area (Å²) in [5.41, 5.74) is 0.485. The summed E-state index contributed by atoms with van der Waals surface area (Å²) < 4.78 is 45.1. The summed E-state index contributed by atoms with van der Waals surface area (Å²) in [5.74, 6) is -0.635. The van der Waals surface area contributed by atoms with Crippen molar-refractivity contribution in [2.45, 2.75) is 35.1 Å². The van der Waals surface area contributed by atoms with Crippen LogP contribution in [0.15, 0.2) is 52.3 Å². The molecular formula is C25H30F3N3O4S. The second-order valence-corrected chi connectivity index (χ2v) is 9.97. The molecule has 11 heteroatoms. The van der Waals surface area contributed by atoms with Gasteiger partial charge in [0.25, 0.3) is 0 Å². The molecule has 1 saturated heterocycles. The average molecular weight is 526 g/mol. The zero-order valence-electron chi connectivity index (χ0n) is 19.9. The fourth-order valence-electron chi connectivity index (χ4n) is 4.48. The number of carbonyl (C=O) groups excluding carboxylic acids is 1. The minimum atomic E-state index is -4.46. The fourth-order valence-corrected chi connectivity index (χ4v) is 5.56. The van der Waals surface area contributed by atoms with Gasteiger partial charge in [-0.1, -0.05) is 23.9 Å². The molecule has 2 heterocycles. The van der Waals surface area contributed by atoms with Crippen molar-refractivity contribution in [2.75, 3.05) is 57.3 Å². The zero-order valence-corrected chi connectivity index (χ0v) is 20.8. The maximum absolute atomic E-state index is 13.4. The number of aliphatic hydroxyl groups excluding tert-OH is 2. The van der Waals surface area contributed by atoms with Crippen LogP contribution in [0.4, 0.5) is 24.5 Å². The molecule has 0 aromatic heterocycles. The van der Waals surface area contributed by atoms with Gasteiger partial charge in [0, 0.05) is 49.1 Å². The van der Waals surface area contributed by atoms with Gasteiger partial charge in [-0.05, 0) is 37.3 Å². The maximum atomic E-state index is 13.4. The standard InChI is InChI=1S/C25H30F3N3O4S/c1-2-35-24(34)21(33)16-30-11-9-29(10-12-30)14-18(32)15-31-19-5-3-4-6-22(19)36-23-8-7-17(13-20(23)31)25(26,27)28/h3-8,13,18,21,32-33H,2,9-12,14-16H2,1H3/t18-,21?/m0/s1. The predicted octanol–water partition coefficient (Wildman–Crippen LogP) is 3.21. The van der Waals surface area contributed by atoms with Crippen molar-refractivity contribution in [3.05, 3.63) is 48.0 Å².